The van der Waals surface area contributed by atoms with E-state index in [0.717, 1.165) is 44.0 Å². The van der Waals surface area contributed by atoms with Crippen molar-refractivity contribution in [3.8, 4) is 5.82 Å². The number of amides is 1. The van der Waals surface area contributed by atoms with Crippen LogP contribution in [0.4, 0.5) is 0 Å². The standard InChI is InChI=1S/C17H22N6O2/c24-17(12-21-6-8-25-9-7-21)23-4-1-2-15(23)14-10-19-11-16(20-14)22-5-3-18-13-22/h3,5,10-11,13,15H,1-2,4,6-9,12H2/t15-/m1/s1. The van der Waals surface area contributed by atoms with Crippen molar-refractivity contribution < 1.29 is 9.53 Å². The molecule has 0 N–H and O–H groups in total. The van der Waals surface area contributed by atoms with Crippen LogP contribution in [0.5, 0.6) is 0 Å². The fraction of sp³-hybridized carbons (Fsp3) is 0.529. The molecule has 0 spiro atoms. The van der Waals surface area contributed by atoms with Crippen molar-refractivity contribution >= 4 is 5.91 Å². The molecule has 1 atom stereocenters. The lowest BCUT2D eigenvalue weighted by molar-refractivity contribution is -0.134. The van der Waals surface area contributed by atoms with Gasteiger partial charge in [0.05, 0.1) is 43.9 Å². The monoisotopic (exact) mass is 342 g/mol. The Balaban J connectivity index is 1.49. The molecule has 4 rings (SSSR count). The van der Waals surface area contributed by atoms with Crippen LogP contribution in [0.25, 0.3) is 5.82 Å². The van der Waals surface area contributed by atoms with Crippen LogP contribution in [-0.2, 0) is 9.53 Å². The van der Waals surface area contributed by atoms with Gasteiger partial charge in [0.15, 0.2) is 5.82 Å². The van der Waals surface area contributed by atoms with Crippen LogP contribution in [-0.4, -0.2) is 74.6 Å². The fourth-order valence-electron chi connectivity index (χ4n) is 3.46. The number of imidazole rings is 1. The van der Waals surface area contributed by atoms with Gasteiger partial charge in [0.25, 0.3) is 0 Å². The van der Waals surface area contributed by atoms with Gasteiger partial charge in [-0.1, -0.05) is 0 Å². The summed E-state index contributed by atoms with van der Waals surface area (Å²) in [4.78, 5) is 30.0. The number of rotatable bonds is 4. The minimum atomic E-state index is 0.00418. The molecule has 25 heavy (non-hydrogen) atoms. The summed E-state index contributed by atoms with van der Waals surface area (Å²) in [6.07, 6.45) is 10.6. The van der Waals surface area contributed by atoms with Crippen molar-refractivity contribution in [1.29, 1.82) is 0 Å². The molecule has 2 fully saturated rings. The normalized spacial score (nSPS) is 21.6. The molecular formula is C17H22N6O2. The van der Waals surface area contributed by atoms with Crippen LogP contribution in [0.1, 0.15) is 24.6 Å². The second-order valence-corrected chi connectivity index (χ2v) is 6.41. The average molecular weight is 342 g/mol. The van der Waals surface area contributed by atoms with Gasteiger partial charge in [-0.3, -0.25) is 19.2 Å². The molecule has 4 heterocycles. The number of hydrogen-bond donors (Lipinski definition) is 0. The number of carbonyl (C=O) groups is 1. The smallest absolute Gasteiger partial charge is 0.237 e. The Kier molecular flexibility index (Phi) is 4.71. The molecule has 0 aliphatic carbocycles. The Morgan fingerprint density at radius 2 is 2.08 bits per heavy atom. The molecule has 2 aromatic rings. The SMILES string of the molecule is O=C(CN1CCOCC1)N1CCC[C@@H]1c1cncc(-n2ccnc2)n1. The quantitative estimate of drug-likeness (QED) is 0.812. The van der Waals surface area contributed by atoms with Gasteiger partial charge < -0.3 is 9.64 Å². The Morgan fingerprint density at radius 1 is 1.20 bits per heavy atom. The highest BCUT2D eigenvalue weighted by atomic mass is 16.5. The minimum Gasteiger partial charge on any atom is -0.379 e. The Hall–Kier alpha value is -2.32. The van der Waals surface area contributed by atoms with Crippen molar-refractivity contribution in [2.75, 3.05) is 39.4 Å². The maximum Gasteiger partial charge on any atom is 0.237 e. The van der Waals surface area contributed by atoms with E-state index < -0.39 is 0 Å². The molecule has 0 unspecified atom stereocenters. The molecule has 2 saturated heterocycles. The lowest BCUT2D eigenvalue weighted by atomic mass is 10.1. The van der Waals surface area contributed by atoms with Gasteiger partial charge in [-0.2, -0.15) is 0 Å². The Morgan fingerprint density at radius 3 is 2.88 bits per heavy atom. The van der Waals surface area contributed by atoms with Crippen molar-refractivity contribution in [3.05, 3.63) is 36.8 Å². The second-order valence-electron chi connectivity index (χ2n) is 6.41. The number of aromatic nitrogens is 4. The van der Waals surface area contributed by atoms with Crippen molar-refractivity contribution in [2.45, 2.75) is 18.9 Å². The first-order valence-electron chi connectivity index (χ1n) is 8.71. The number of likely N-dealkylation sites (tertiary alicyclic amines) is 1. The lowest BCUT2D eigenvalue weighted by Crippen LogP contribution is -2.44. The molecule has 132 valence electrons. The first-order chi connectivity index (χ1) is 12.3. The third-order valence-corrected chi connectivity index (χ3v) is 4.79. The predicted octanol–water partition coefficient (Wildman–Crippen LogP) is 0.658. The molecule has 0 radical (unpaired) electrons. The highest BCUT2D eigenvalue weighted by molar-refractivity contribution is 5.79. The topological polar surface area (TPSA) is 76.4 Å². The van der Waals surface area contributed by atoms with Gasteiger partial charge in [0.1, 0.15) is 6.33 Å². The first kappa shape index (κ1) is 16.2. The number of morpholine rings is 1. The van der Waals surface area contributed by atoms with E-state index in [1.165, 1.54) is 0 Å². The fourth-order valence-corrected chi connectivity index (χ4v) is 3.46. The van der Waals surface area contributed by atoms with E-state index in [-0.39, 0.29) is 11.9 Å². The summed E-state index contributed by atoms with van der Waals surface area (Å²) in [5, 5.41) is 0. The molecule has 1 amide bonds. The lowest BCUT2D eigenvalue weighted by Gasteiger charge is -2.30. The number of carbonyl (C=O) groups excluding carboxylic acids is 1. The zero-order valence-electron chi connectivity index (χ0n) is 14.1. The molecule has 2 aliphatic rings. The van der Waals surface area contributed by atoms with Crippen molar-refractivity contribution in [1.82, 2.24) is 29.3 Å². The highest BCUT2D eigenvalue weighted by Crippen LogP contribution is 2.31. The largest absolute Gasteiger partial charge is 0.379 e. The summed E-state index contributed by atoms with van der Waals surface area (Å²) in [6, 6.07) is 0.00418. The molecule has 2 aliphatic heterocycles. The predicted molar refractivity (Wildman–Crippen MR) is 90.1 cm³/mol. The van der Waals surface area contributed by atoms with E-state index in [4.69, 9.17) is 9.72 Å². The molecule has 0 saturated carbocycles. The molecule has 2 aromatic heterocycles. The zero-order valence-corrected chi connectivity index (χ0v) is 14.1. The zero-order chi connectivity index (χ0) is 17.1. The molecule has 8 nitrogen and oxygen atoms in total. The van der Waals surface area contributed by atoms with Crippen LogP contribution in [0, 0.1) is 0 Å². The van der Waals surface area contributed by atoms with Gasteiger partial charge in [0.2, 0.25) is 5.91 Å². The number of ether oxygens (including phenoxy) is 1. The number of nitrogens with zero attached hydrogens (tertiary/aromatic N) is 6. The van der Waals surface area contributed by atoms with E-state index in [1.807, 2.05) is 15.7 Å². The third-order valence-electron chi connectivity index (χ3n) is 4.79. The summed E-state index contributed by atoms with van der Waals surface area (Å²) in [5.74, 6) is 0.890. The first-order valence-corrected chi connectivity index (χ1v) is 8.71. The summed E-state index contributed by atoms with van der Waals surface area (Å²) in [6.45, 7) is 4.28. The van der Waals surface area contributed by atoms with Gasteiger partial charge in [-0.25, -0.2) is 9.97 Å². The molecule has 8 heteroatoms. The van der Waals surface area contributed by atoms with Crippen LogP contribution < -0.4 is 0 Å². The second kappa shape index (κ2) is 7.28. The Labute approximate surface area is 146 Å². The van der Waals surface area contributed by atoms with Crippen LogP contribution >= 0.6 is 0 Å². The molecular weight excluding hydrogens is 320 g/mol. The summed E-state index contributed by atoms with van der Waals surface area (Å²) in [5.41, 5.74) is 0.846. The van der Waals surface area contributed by atoms with E-state index in [9.17, 15) is 4.79 Å². The van der Waals surface area contributed by atoms with E-state index in [0.29, 0.717) is 19.8 Å². The molecule has 0 bridgehead atoms. The number of hydrogen-bond acceptors (Lipinski definition) is 6. The van der Waals surface area contributed by atoms with Gasteiger partial charge in [-0.15, -0.1) is 0 Å². The maximum absolute atomic E-state index is 12.8. The minimum absolute atomic E-state index is 0.00418. The van der Waals surface area contributed by atoms with E-state index in [1.54, 1.807) is 24.9 Å². The average Bonchev–Trinajstić information content (AvgIpc) is 3.35. The van der Waals surface area contributed by atoms with Gasteiger partial charge >= 0.3 is 0 Å². The van der Waals surface area contributed by atoms with Gasteiger partial charge in [0, 0.05) is 32.0 Å². The highest BCUT2D eigenvalue weighted by Gasteiger charge is 2.32. The summed E-state index contributed by atoms with van der Waals surface area (Å²) < 4.78 is 7.18. The van der Waals surface area contributed by atoms with Crippen molar-refractivity contribution in [3.63, 3.8) is 0 Å². The van der Waals surface area contributed by atoms with Crippen molar-refractivity contribution in [2.24, 2.45) is 0 Å². The Bertz CT molecular complexity index is 714. The molecule has 0 aromatic carbocycles. The van der Waals surface area contributed by atoms with Crippen LogP contribution in [0.2, 0.25) is 0 Å². The van der Waals surface area contributed by atoms with Crippen LogP contribution in [0.3, 0.4) is 0 Å². The third kappa shape index (κ3) is 3.54. The van der Waals surface area contributed by atoms with E-state index in [2.05, 4.69) is 14.9 Å². The maximum atomic E-state index is 12.8. The summed E-state index contributed by atoms with van der Waals surface area (Å²) >= 11 is 0. The summed E-state index contributed by atoms with van der Waals surface area (Å²) in [7, 11) is 0. The van der Waals surface area contributed by atoms with Crippen LogP contribution in [0.15, 0.2) is 31.1 Å². The van der Waals surface area contributed by atoms with E-state index >= 15 is 0 Å². The van der Waals surface area contributed by atoms with Gasteiger partial charge in [-0.05, 0) is 12.8 Å².